The van der Waals surface area contributed by atoms with E-state index in [-0.39, 0.29) is 33.4 Å². The number of carbonyl (C=O) groups is 1. The number of aryl methyl sites for hydroxylation is 1. The van der Waals surface area contributed by atoms with E-state index in [1.807, 2.05) is 42.2 Å². The lowest BCUT2D eigenvalue weighted by molar-refractivity contribution is 0.0713. The smallest absolute Gasteiger partial charge is 0.289 e. The summed E-state index contributed by atoms with van der Waals surface area (Å²) in [5, 5.41) is -0.124. The molecule has 5 rings (SSSR count). The molecule has 1 saturated heterocycles. The van der Waals surface area contributed by atoms with Crippen LogP contribution in [0.2, 0.25) is 0 Å². The number of anilines is 1. The summed E-state index contributed by atoms with van der Waals surface area (Å²) in [7, 11) is -3.93. The zero-order valence-electron chi connectivity index (χ0n) is 18.5. The molecule has 1 fully saturated rings. The number of nitrogens with zero attached hydrogens (tertiary/aromatic N) is 3. The van der Waals surface area contributed by atoms with E-state index in [1.54, 1.807) is 41.3 Å². The van der Waals surface area contributed by atoms with Gasteiger partial charge in [-0.1, -0.05) is 35.9 Å². The van der Waals surface area contributed by atoms with Gasteiger partial charge in [-0.15, -0.1) is 0 Å². The Bertz CT molecular complexity index is 1390. The third kappa shape index (κ3) is 4.10. The number of hydrogen-bond donors (Lipinski definition) is 0. The first kappa shape index (κ1) is 22.0. The summed E-state index contributed by atoms with van der Waals surface area (Å²) >= 11 is 0. The van der Waals surface area contributed by atoms with Crippen LogP contribution in [-0.2, 0) is 9.84 Å². The number of hydrogen-bond acceptors (Lipinski definition) is 7. The van der Waals surface area contributed by atoms with Gasteiger partial charge in [0.2, 0.25) is 26.6 Å². The first-order valence-corrected chi connectivity index (χ1v) is 12.4. The second-order valence-electron chi connectivity index (χ2n) is 8.07. The van der Waals surface area contributed by atoms with Crippen molar-refractivity contribution >= 4 is 21.6 Å². The van der Waals surface area contributed by atoms with Crippen LogP contribution in [-0.4, -0.2) is 50.4 Å². The van der Waals surface area contributed by atoms with Gasteiger partial charge in [-0.05, 0) is 43.3 Å². The van der Waals surface area contributed by atoms with E-state index in [9.17, 15) is 13.2 Å². The van der Waals surface area contributed by atoms with E-state index >= 15 is 0 Å². The summed E-state index contributed by atoms with van der Waals surface area (Å²) in [5.74, 6) is 0.502. The third-order valence-electron chi connectivity index (χ3n) is 5.77. The minimum absolute atomic E-state index is 0.124. The topological polar surface area (TPSA) is 96.9 Å². The van der Waals surface area contributed by atoms with Gasteiger partial charge in [0.05, 0.1) is 11.2 Å². The molecule has 0 unspecified atom stereocenters. The summed E-state index contributed by atoms with van der Waals surface area (Å²) < 4.78 is 38.4. The third-order valence-corrected chi connectivity index (χ3v) is 7.44. The van der Waals surface area contributed by atoms with Crippen molar-refractivity contribution in [3.8, 4) is 11.5 Å². The Morgan fingerprint density at radius 2 is 1.62 bits per heavy atom. The molecular weight excluding hydrogens is 454 g/mol. The highest BCUT2D eigenvalue weighted by atomic mass is 32.2. The standard InChI is InChI=1S/C25H23N3O5S/c1-18-9-11-20(12-10-18)34(30,31)23-25(33-22(26-23)19-6-3-2-4-7-19)28-15-13-27(14-16-28)24(29)21-8-5-17-32-21/h2-12,17H,13-16H2,1H3. The molecule has 1 amide bonds. The summed E-state index contributed by atoms with van der Waals surface area (Å²) in [6, 6.07) is 19.1. The molecule has 9 heteroatoms. The van der Waals surface area contributed by atoms with Gasteiger partial charge in [0.25, 0.3) is 5.91 Å². The lowest BCUT2D eigenvalue weighted by Crippen LogP contribution is -2.49. The van der Waals surface area contributed by atoms with Gasteiger partial charge in [0, 0.05) is 31.7 Å². The number of carbonyl (C=O) groups excluding carboxylic acids is 1. The highest BCUT2D eigenvalue weighted by Gasteiger charge is 2.33. The van der Waals surface area contributed by atoms with Gasteiger partial charge in [-0.2, -0.15) is 4.98 Å². The maximum Gasteiger partial charge on any atom is 0.289 e. The predicted molar refractivity (Wildman–Crippen MR) is 125 cm³/mol. The fourth-order valence-corrected chi connectivity index (χ4v) is 5.20. The van der Waals surface area contributed by atoms with Gasteiger partial charge < -0.3 is 18.6 Å². The number of benzene rings is 2. The normalized spacial score (nSPS) is 14.4. The molecule has 174 valence electrons. The fraction of sp³-hybridized carbons (Fsp3) is 0.200. The van der Waals surface area contributed by atoms with Gasteiger partial charge in [-0.25, -0.2) is 8.42 Å². The average molecular weight is 478 g/mol. The van der Waals surface area contributed by atoms with E-state index in [4.69, 9.17) is 8.83 Å². The van der Waals surface area contributed by atoms with Crippen LogP contribution in [0.3, 0.4) is 0 Å². The molecule has 1 aliphatic heterocycles. The second kappa shape index (κ2) is 8.83. The monoisotopic (exact) mass is 477 g/mol. The van der Waals surface area contributed by atoms with Crippen molar-refractivity contribution in [2.75, 3.05) is 31.1 Å². The molecular formula is C25H23N3O5S. The minimum Gasteiger partial charge on any atom is -0.459 e. The van der Waals surface area contributed by atoms with Gasteiger partial charge in [0.1, 0.15) is 0 Å². The maximum absolute atomic E-state index is 13.6. The van der Waals surface area contributed by atoms with Crippen LogP contribution < -0.4 is 4.90 Å². The van der Waals surface area contributed by atoms with Crippen molar-refractivity contribution in [1.82, 2.24) is 9.88 Å². The lowest BCUT2D eigenvalue weighted by Gasteiger charge is -2.34. The van der Waals surface area contributed by atoms with Crippen LogP contribution in [0.1, 0.15) is 16.1 Å². The Morgan fingerprint density at radius 3 is 2.26 bits per heavy atom. The molecule has 0 saturated carbocycles. The Morgan fingerprint density at radius 1 is 0.912 bits per heavy atom. The molecule has 0 spiro atoms. The summed E-state index contributed by atoms with van der Waals surface area (Å²) in [6.45, 7) is 3.48. The molecule has 3 heterocycles. The number of rotatable bonds is 5. The Hall–Kier alpha value is -3.85. The van der Waals surface area contributed by atoms with Crippen LogP contribution in [0.15, 0.2) is 91.7 Å². The summed E-state index contributed by atoms with van der Waals surface area (Å²) in [6.07, 6.45) is 1.46. The van der Waals surface area contributed by atoms with E-state index in [0.29, 0.717) is 31.7 Å². The quantitative estimate of drug-likeness (QED) is 0.428. The number of piperazine rings is 1. The molecule has 0 N–H and O–H groups in total. The molecule has 1 aliphatic rings. The van der Waals surface area contributed by atoms with Crippen molar-refractivity contribution in [1.29, 1.82) is 0 Å². The Kier molecular flexibility index (Phi) is 5.70. The first-order valence-electron chi connectivity index (χ1n) is 10.9. The SMILES string of the molecule is Cc1ccc(S(=O)(=O)c2nc(-c3ccccc3)oc2N2CCN(C(=O)c3ccco3)CC2)cc1. The highest BCUT2D eigenvalue weighted by molar-refractivity contribution is 7.91. The maximum atomic E-state index is 13.6. The number of furan rings is 1. The Labute approximate surface area is 197 Å². The fourth-order valence-electron chi connectivity index (χ4n) is 3.87. The molecule has 4 aromatic rings. The molecule has 8 nitrogen and oxygen atoms in total. The predicted octanol–water partition coefficient (Wildman–Crippen LogP) is 4.04. The van der Waals surface area contributed by atoms with Crippen LogP contribution in [0.5, 0.6) is 0 Å². The largest absolute Gasteiger partial charge is 0.459 e. The van der Waals surface area contributed by atoms with Crippen LogP contribution in [0.25, 0.3) is 11.5 Å². The van der Waals surface area contributed by atoms with Crippen molar-refractivity contribution in [2.45, 2.75) is 16.8 Å². The number of oxazole rings is 1. The Balaban J connectivity index is 1.48. The molecule has 0 radical (unpaired) electrons. The number of sulfone groups is 1. The highest BCUT2D eigenvalue weighted by Crippen LogP contribution is 2.35. The van der Waals surface area contributed by atoms with Crippen molar-refractivity contribution in [3.63, 3.8) is 0 Å². The van der Waals surface area contributed by atoms with Gasteiger partial charge >= 0.3 is 0 Å². The van der Waals surface area contributed by atoms with Crippen molar-refractivity contribution in [3.05, 3.63) is 84.3 Å². The zero-order valence-corrected chi connectivity index (χ0v) is 19.4. The van der Waals surface area contributed by atoms with Crippen molar-refractivity contribution < 1.29 is 22.0 Å². The average Bonchev–Trinajstić information content (AvgIpc) is 3.56. The van der Waals surface area contributed by atoms with Crippen LogP contribution in [0, 0.1) is 6.92 Å². The zero-order chi connectivity index (χ0) is 23.7. The second-order valence-corrected chi connectivity index (χ2v) is 9.93. The van der Waals surface area contributed by atoms with E-state index in [1.165, 1.54) is 6.26 Å². The molecule has 0 bridgehead atoms. The first-order chi connectivity index (χ1) is 16.4. The van der Waals surface area contributed by atoms with Crippen molar-refractivity contribution in [2.24, 2.45) is 0 Å². The van der Waals surface area contributed by atoms with E-state index < -0.39 is 9.84 Å². The van der Waals surface area contributed by atoms with Crippen LogP contribution >= 0.6 is 0 Å². The summed E-state index contributed by atoms with van der Waals surface area (Å²) in [4.78, 5) is 20.7. The molecule has 2 aromatic carbocycles. The van der Waals surface area contributed by atoms with Crippen LogP contribution in [0.4, 0.5) is 5.88 Å². The summed E-state index contributed by atoms with van der Waals surface area (Å²) in [5.41, 5.74) is 1.64. The number of aromatic nitrogens is 1. The van der Waals surface area contributed by atoms with E-state index in [2.05, 4.69) is 4.98 Å². The minimum atomic E-state index is -3.93. The van der Waals surface area contributed by atoms with E-state index in [0.717, 1.165) is 5.56 Å². The molecule has 34 heavy (non-hydrogen) atoms. The number of amides is 1. The lowest BCUT2D eigenvalue weighted by atomic mass is 10.2. The van der Waals surface area contributed by atoms with Gasteiger partial charge in [-0.3, -0.25) is 4.79 Å². The van der Waals surface area contributed by atoms with Gasteiger partial charge in [0.15, 0.2) is 5.76 Å². The molecule has 0 aliphatic carbocycles. The molecule has 0 atom stereocenters. The molecule has 2 aromatic heterocycles.